The Morgan fingerprint density at radius 2 is 1.68 bits per heavy atom. The first kappa shape index (κ1) is 12.6. The molecule has 4 rings (SSSR count). The van der Waals surface area contributed by atoms with Crippen LogP contribution in [-0.2, 0) is 0 Å². The maximum atomic E-state index is 3.78. The van der Waals surface area contributed by atoms with Crippen LogP contribution in [-0.4, -0.2) is 36.1 Å². The minimum atomic E-state index is 0.879. The van der Waals surface area contributed by atoms with Crippen LogP contribution in [0.2, 0.25) is 0 Å². The van der Waals surface area contributed by atoms with E-state index < -0.39 is 0 Å². The summed E-state index contributed by atoms with van der Waals surface area (Å²) in [6.45, 7) is 2.81. The molecule has 0 spiro atoms. The summed E-state index contributed by atoms with van der Waals surface area (Å²) in [6.07, 6.45) is 14.9. The molecule has 1 aliphatic carbocycles. The maximum absolute atomic E-state index is 3.78. The Hall–Kier alpha value is -0.0800. The summed E-state index contributed by atoms with van der Waals surface area (Å²) in [7, 11) is 0. The second-order valence-corrected chi connectivity index (χ2v) is 7.70. The Kier molecular flexibility index (Phi) is 3.57. The first-order valence-electron chi connectivity index (χ1n) is 8.88. The third kappa shape index (κ3) is 2.58. The van der Waals surface area contributed by atoms with Crippen LogP contribution in [0, 0.1) is 11.8 Å². The van der Waals surface area contributed by atoms with Crippen molar-refractivity contribution < 1.29 is 0 Å². The maximum Gasteiger partial charge on any atom is 0.0123 e. The lowest BCUT2D eigenvalue weighted by atomic mass is 9.88. The topological polar surface area (TPSA) is 15.3 Å². The SMILES string of the molecule is C1CC2CCCN(CCC3CC4CCC(C3)N4)C2C1. The van der Waals surface area contributed by atoms with Gasteiger partial charge in [0, 0.05) is 18.1 Å². The second-order valence-electron chi connectivity index (χ2n) is 7.70. The van der Waals surface area contributed by atoms with Gasteiger partial charge in [0.2, 0.25) is 0 Å². The zero-order chi connectivity index (χ0) is 12.7. The van der Waals surface area contributed by atoms with Crippen molar-refractivity contribution in [3.63, 3.8) is 0 Å². The van der Waals surface area contributed by atoms with Gasteiger partial charge in [0.25, 0.3) is 0 Å². The van der Waals surface area contributed by atoms with E-state index in [1.165, 1.54) is 77.3 Å². The van der Waals surface area contributed by atoms with E-state index in [-0.39, 0.29) is 0 Å². The molecule has 3 heterocycles. The molecule has 19 heavy (non-hydrogen) atoms. The van der Waals surface area contributed by atoms with Gasteiger partial charge in [-0.2, -0.15) is 0 Å². The summed E-state index contributed by atoms with van der Waals surface area (Å²) < 4.78 is 0. The number of hydrogen-bond donors (Lipinski definition) is 1. The number of likely N-dealkylation sites (tertiary alicyclic amines) is 1. The molecule has 1 N–H and O–H groups in total. The first-order valence-corrected chi connectivity index (χ1v) is 8.88. The van der Waals surface area contributed by atoms with Crippen molar-refractivity contribution >= 4 is 0 Å². The molecule has 4 fully saturated rings. The Morgan fingerprint density at radius 1 is 0.895 bits per heavy atom. The third-order valence-electron chi connectivity index (χ3n) is 6.50. The highest BCUT2D eigenvalue weighted by Gasteiger charge is 2.36. The zero-order valence-corrected chi connectivity index (χ0v) is 12.3. The molecule has 4 atom stereocenters. The summed E-state index contributed by atoms with van der Waals surface area (Å²) >= 11 is 0. The van der Waals surface area contributed by atoms with E-state index in [1.807, 2.05) is 0 Å². The highest BCUT2D eigenvalue weighted by Crippen LogP contribution is 2.38. The number of nitrogens with one attached hydrogen (secondary N) is 1. The van der Waals surface area contributed by atoms with E-state index in [2.05, 4.69) is 10.2 Å². The molecule has 4 unspecified atom stereocenters. The van der Waals surface area contributed by atoms with Gasteiger partial charge in [0.05, 0.1) is 0 Å². The van der Waals surface area contributed by atoms with Crippen LogP contribution in [0.3, 0.4) is 0 Å². The Bertz CT molecular complexity index is 304. The fourth-order valence-electron chi connectivity index (χ4n) is 5.59. The van der Waals surface area contributed by atoms with Gasteiger partial charge in [0.15, 0.2) is 0 Å². The highest BCUT2D eigenvalue weighted by atomic mass is 15.2. The average molecular weight is 262 g/mol. The van der Waals surface area contributed by atoms with E-state index in [0.717, 1.165) is 30.0 Å². The molecule has 0 aromatic carbocycles. The van der Waals surface area contributed by atoms with Gasteiger partial charge in [-0.3, -0.25) is 0 Å². The van der Waals surface area contributed by atoms with E-state index in [4.69, 9.17) is 0 Å². The van der Waals surface area contributed by atoms with Gasteiger partial charge in [-0.15, -0.1) is 0 Å². The second kappa shape index (κ2) is 5.37. The molecular weight excluding hydrogens is 232 g/mol. The van der Waals surface area contributed by atoms with Gasteiger partial charge < -0.3 is 10.2 Å². The lowest BCUT2D eigenvalue weighted by Crippen LogP contribution is -2.44. The quantitative estimate of drug-likeness (QED) is 0.840. The largest absolute Gasteiger partial charge is 0.311 e. The van der Waals surface area contributed by atoms with Crippen LogP contribution >= 0.6 is 0 Å². The van der Waals surface area contributed by atoms with Gasteiger partial charge in [-0.25, -0.2) is 0 Å². The zero-order valence-electron chi connectivity index (χ0n) is 12.3. The highest BCUT2D eigenvalue weighted by molar-refractivity contribution is 4.93. The minimum absolute atomic E-state index is 0.879. The molecule has 1 saturated carbocycles. The number of rotatable bonds is 3. The number of fused-ring (bicyclic) bond motifs is 3. The van der Waals surface area contributed by atoms with Crippen molar-refractivity contribution in [2.24, 2.45) is 11.8 Å². The number of nitrogens with zero attached hydrogens (tertiary/aromatic N) is 1. The van der Waals surface area contributed by atoms with E-state index in [1.54, 1.807) is 0 Å². The van der Waals surface area contributed by atoms with Crippen LogP contribution in [0.4, 0.5) is 0 Å². The van der Waals surface area contributed by atoms with E-state index in [9.17, 15) is 0 Å². The fraction of sp³-hybridized carbons (Fsp3) is 1.00. The molecule has 2 heteroatoms. The minimum Gasteiger partial charge on any atom is -0.311 e. The Balaban J connectivity index is 1.29. The van der Waals surface area contributed by atoms with Crippen LogP contribution in [0.5, 0.6) is 0 Å². The number of hydrogen-bond acceptors (Lipinski definition) is 2. The molecule has 108 valence electrons. The molecule has 0 aromatic heterocycles. The summed E-state index contributed by atoms with van der Waals surface area (Å²) in [5.74, 6) is 2.10. The lowest BCUT2D eigenvalue weighted by molar-refractivity contribution is 0.101. The summed E-state index contributed by atoms with van der Waals surface area (Å²) in [4.78, 5) is 2.88. The fourth-order valence-corrected chi connectivity index (χ4v) is 5.59. The number of piperidine rings is 2. The smallest absolute Gasteiger partial charge is 0.0123 e. The van der Waals surface area contributed by atoms with Crippen molar-refractivity contribution in [3.8, 4) is 0 Å². The summed E-state index contributed by atoms with van der Waals surface area (Å²) in [6, 6.07) is 2.74. The molecule has 3 saturated heterocycles. The molecule has 4 aliphatic rings. The molecule has 0 aromatic rings. The van der Waals surface area contributed by atoms with Crippen LogP contribution in [0.25, 0.3) is 0 Å². The van der Waals surface area contributed by atoms with Crippen molar-refractivity contribution in [1.82, 2.24) is 10.2 Å². The predicted molar refractivity (Wildman–Crippen MR) is 79.2 cm³/mol. The molecule has 2 nitrogen and oxygen atoms in total. The van der Waals surface area contributed by atoms with E-state index in [0.29, 0.717) is 0 Å². The van der Waals surface area contributed by atoms with Crippen LogP contribution in [0.15, 0.2) is 0 Å². The van der Waals surface area contributed by atoms with E-state index >= 15 is 0 Å². The van der Waals surface area contributed by atoms with Gasteiger partial charge in [0.1, 0.15) is 0 Å². The molecule has 0 radical (unpaired) electrons. The van der Waals surface area contributed by atoms with Crippen molar-refractivity contribution in [2.45, 2.75) is 82.3 Å². The monoisotopic (exact) mass is 262 g/mol. The lowest BCUT2D eigenvalue weighted by Gasteiger charge is -2.39. The van der Waals surface area contributed by atoms with Crippen LogP contribution < -0.4 is 5.32 Å². The van der Waals surface area contributed by atoms with Crippen molar-refractivity contribution in [3.05, 3.63) is 0 Å². The molecule has 2 bridgehead atoms. The normalized spacial score (nSPS) is 46.4. The predicted octanol–water partition coefficient (Wildman–Crippen LogP) is 3.17. The molecular formula is C17H30N2. The van der Waals surface area contributed by atoms with Gasteiger partial charge in [-0.1, -0.05) is 6.42 Å². The third-order valence-corrected chi connectivity index (χ3v) is 6.50. The van der Waals surface area contributed by atoms with Gasteiger partial charge in [-0.05, 0) is 82.7 Å². The van der Waals surface area contributed by atoms with Crippen LogP contribution in [0.1, 0.15) is 64.2 Å². The average Bonchev–Trinajstić information content (AvgIpc) is 3.03. The Labute approximate surface area is 118 Å². The standard InChI is InChI=1S/C17H30N2/c1-3-14-4-2-9-19(17(14)5-1)10-8-13-11-15-6-7-16(12-13)18-15/h13-18H,1-12H2. The van der Waals surface area contributed by atoms with Gasteiger partial charge >= 0.3 is 0 Å². The molecule has 3 aliphatic heterocycles. The summed E-state index contributed by atoms with van der Waals surface area (Å²) in [5, 5.41) is 3.78. The molecule has 0 amide bonds. The van der Waals surface area contributed by atoms with Crippen molar-refractivity contribution in [1.29, 1.82) is 0 Å². The first-order chi connectivity index (χ1) is 9.38. The summed E-state index contributed by atoms with van der Waals surface area (Å²) in [5.41, 5.74) is 0. The van der Waals surface area contributed by atoms with Crippen molar-refractivity contribution in [2.75, 3.05) is 13.1 Å². The Morgan fingerprint density at radius 3 is 2.53 bits per heavy atom.